The maximum atomic E-state index is 9.34. The monoisotopic (exact) mass is 273 g/mol. The van der Waals surface area contributed by atoms with E-state index in [9.17, 15) is 9.90 Å². The van der Waals surface area contributed by atoms with Crippen LogP contribution in [-0.2, 0) is 4.79 Å². The number of aliphatic carboxylic acids is 1. The first-order valence-electron chi connectivity index (χ1n) is 2.14. The molecular weight excluding hydrogens is 267 g/mol. The third-order valence-electron chi connectivity index (χ3n) is 0.341. The minimum absolute atomic E-state index is 0. The van der Waals surface area contributed by atoms with Crippen LogP contribution in [0.2, 0.25) is 0 Å². The zero-order chi connectivity index (χ0) is 8.73. The molecule has 0 heterocycles. The van der Waals surface area contributed by atoms with Crippen LogP contribution >= 0.6 is 0 Å². The van der Waals surface area contributed by atoms with Gasteiger partial charge < -0.3 is 30.0 Å². The molecule has 0 aliphatic carbocycles. The van der Waals surface area contributed by atoms with Crippen LogP contribution < -0.4 is 44.9 Å². The summed E-state index contributed by atoms with van der Waals surface area (Å²) >= 11 is 0. The van der Waals surface area contributed by atoms with Crippen molar-refractivity contribution < 1.29 is 72.0 Å². The minimum Gasteiger partial charge on any atom is -0.652 e. The van der Waals surface area contributed by atoms with E-state index in [-0.39, 0.29) is 103 Å². The Kier molecular flexibility index (Phi) is 62.5. The molecule has 0 saturated heterocycles. The van der Waals surface area contributed by atoms with Gasteiger partial charge in [0.25, 0.3) is 0 Å². The van der Waals surface area contributed by atoms with Crippen molar-refractivity contribution in [2.24, 2.45) is 0 Å². The standard InChI is InChI=1S/C3H6O3.CH2O3.Ca.ClH2.Mg.Na/c1-2(4)3(5)6;2-1(3)4;;;;/h2,4H,1H3,(H,5,6);(H2,2,3,4);;1H2;;/q;;+2;+1;+2;+1/p-3. The Hall–Kier alpha value is 2.02. The van der Waals surface area contributed by atoms with Gasteiger partial charge in [-0.3, -0.25) is 0 Å². The molecule has 0 spiro atoms. The molecule has 0 saturated carbocycles. The first-order chi connectivity index (χ1) is 4.37. The van der Waals surface area contributed by atoms with Gasteiger partial charge in [-0.25, -0.2) is 0 Å². The molecule has 1 unspecified atom stereocenters. The third kappa shape index (κ3) is 65.6. The van der Waals surface area contributed by atoms with Gasteiger partial charge in [0.15, 0.2) is 0 Å². The van der Waals surface area contributed by atoms with Crippen LogP contribution in [0.1, 0.15) is 6.92 Å². The number of carbonyl (C=O) groups excluding carboxylic acids is 2. The van der Waals surface area contributed by atoms with Crippen LogP contribution in [0.5, 0.6) is 0 Å². The fourth-order valence-corrected chi connectivity index (χ4v) is 0. The molecular formula is C4H7CaClMgNaO6+3. The molecule has 0 aromatic rings. The van der Waals surface area contributed by atoms with Crippen molar-refractivity contribution in [1.82, 2.24) is 0 Å². The smallest absolute Gasteiger partial charge is 0.652 e. The molecule has 1 N–H and O–H groups in total. The molecule has 14 heavy (non-hydrogen) atoms. The van der Waals surface area contributed by atoms with Gasteiger partial charge in [0.2, 0.25) is 0 Å². The van der Waals surface area contributed by atoms with E-state index in [1.807, 2.05) is 0 Å². The van der Waals surface area contributed by atoms with Gasteiger partial charge in [-0.2, -0.15) is 0 Å². The number of carboxylic acid groups (broad SMARTS) is 3. The summed E-state index contributed by atoms with van der Waals surface area (Å²) in [5.74, 6) is -1.44. The predicted octanol–water partition coefficient (Wildman–Crippen LogP) is -8.62. The predicted molar refractivity (Wildman–Crippen MR) is 36.4 cm³/mol. The van der Waals surface area contributed by atoms with Gasteiger partial charge in [-0.05, 0) is 13.1 Å². The molecule has 0 aromatic heterocycles. The van der Waals surface area contributed by atoms with Gasteiger partial charge in [0.1, 0.15) is 0 Å². The molecule has 0 rings (SSSR count). The topological polar surface area (TPSA) is 124 Å². The summed E-state index contributed by atoms with van der Waals surface area (Å²) in [6.45, 7) is 1.13. The molecule has 0 fully saturated rings. The van der Waals surface area contributed by atoms with Crippen molar-refractivity contribution in [2.75, 3.05) is 0 Å². The quantitative estimate of drug-likeness (QED) is 0.473. The van der Waals surface area contributed by atoms with Crippen molar-refractivity contribution >= 4 is 72.9 Å². The second-order valence-corrected chi connectivity index (χ2v) is 1.25. The van der Waals surface area contributed by atoms with Gasteiger partial charge in [0.05, 0.1) is 24.5 Å². The Balaban J connectivity index is -0.0000000185. The van der Waals surface area contributed by atoms with E-state index >= 15 is 0 Å². The number of aliphatic hydroxyl groups is 1. The Bertz CT molecular complexity index is 133. The van der Waals surface area contributed by atoms with E-state index in [0.717, 1.165) is 6.92 Å². The fourth-order valence-electron chi connectivity index (χ4n) is 0. The Morgan fingerprint density at radius 1 is 1.21 bits per heavy atom. The van der Waals surface area contributed by atoms with E-state index < -0.39 is 18.2 Å². The number of hydrogen-bond acceptors (Lipinski definition) is 6. The van der Waals surface area contributed by atoms with Crippen LogP contribution in [0.4, 0.5) is 4.79 Å². The summed E-state index contributed by atoms with van der Waals surface area (Å²) in [4.78, 5) is 17.7. The summed E-state index contributed by atoms with van der Waals surface area (Å²) in [6, 6.07) is 0. The molecule has 0 aliphatic heterocycles. The van der Waals surface area contributed by atoms with Gasteiger partial charge >= 0.3 is 90.3 Å². The number of hydrogen-bond donors (Lipinski definition) is 1. The number of carboxylic acids is 1. The molecule has 68 valence electrons. The summed E-state index contributed by atoms with van der Waals surface area (Å²) < 4.78 is 0. The van der Waals surface area contributed by atoms with Gasteiger partial charge in [-0.15, -0.1) is 0 Å². The minimum atomic E-state index is -2.33. The third-order valence-corrected chi connectivity index (χ3v) is 0.341. The van der Waals surface area contributed by atoms with Crippen LogP contribution in [0.15, 0.2) is 0 Å². The van der Waals surface area contributed by atoms with Crippen molar-refractivity contribution in [3.63, 3.8) is 0 Å². The number of carbonyl (C=O) groups is 2. The maximum absolute atomic E-state index is 9.34. The van der Waals surface area contributed by atoms with E-state index in [0.29, 0.717) is 0 Å². The van der Waals surface area contributed by atoms with E-state index in [1.165, 1.54) is 0 Å². The summed E-state index contributed by atoms with van der Waals surface area (Å²) in [6.07, 6.45) is -3.68. The fraction of sp³-hybridized carbons (Fsp3) is 0.500. The van der Waals surface area contributed by atoms with Crippen molar-refractivity contribution in [3.8, 4) is 0 Å². The average molecular weight is 274 g/mol. The van der Waals surface area contributed by atoms with Gasteiger partial charge in [-0.1, -0.05) is 0 Å². The van der Waals surface area contributed by atoms with Crippen molar-refractivity contribution in [2.45, 2.75) is 13.0 Å². The Labute approximate surface area is 155 Å². The number of aliphatic hydroxyl groups excluding tert-OH is 1. The van der Waals surface area contributed by atoms with Crippen LogP contribution in [0.3, 0.4) is 0 Å². The molecule has 0 radical (unpaired) electrons. The molecule has 1 atom stereocenters. The van der Waals surface area contributed by atoms with Crippen molar-refractivity contribution in [1.29, 1.82) is 0 Å². The van der Waals surface area contributed by atoms with E-state index in [4.69, 9.17) is 20.1 Å². The normalized spacial score (nSPS) is 7.57. The number of halogens is 1. The maximum Gasteiger partial charge on any atom is 2.00 e. The Morgan fingerprint density at radius 3 is 1.29 bits per heavy atom. The van der Waals surface area contributed by atoms with Crippen molar-refractivity contribution in [3.05, 3.63) is 0 Å². The first-order valence-corrected chi connectivity index (χ1v) is 2.14. The van der Waals surface area contributed by atoms with E-state index in [2.05, 4.69) is 0 Å². The second kappa shape index (κ2) is 24.3. The SMILES string of the molecule is CC(O)C(=O)[O-].O=C([O-])[O-].[Ca+2].[ClH2+].[Mg+2].[Na+]. The summed E-state index contributed by atoms with van der Waals surface area (Å²) in [5.41, 5.74) is 0. The van der Waals surface area contributed by atoms with Gasteiger partial charge in [0, 0.05) is 0 Å². The Morgan fingerprint density at radius 2 is 1.29 bits per heavy atom. The molecule has 6 nitrogen and oxygen atoms in total. The van der Waals surface area contributed by atoms with Crippen LogP contribution in [0.25, 0.3) is 0 Å². The second-order valence-electron chi connectivity index (χ2n) is 1.25. The zero-order valence-electron chi connectivity index (χ0n) is 7.93. The molecule has 0 aliphatic rings. The summed E-state index contributed by atoms with van der Waals surface area (Å²) in [7, 11) is 0. The van der Waals surface area contributed by atoms with Crippen LogP contribution in [0, 0.1) is 12.4 Å². The number of rotatable bonds is 1. The van der Waals surface area contributed by atoms with Crippen LogP contribution in [-0.4, -0.2) is 84.1 Å². The van der Waals surface area contributed by atoms with E-state index in [1.54, 1.807) is 0 Å². The zero-order valence-corrected chi connectivity index (χ0v) is 14.4. The average Bonchev–Trinajstić information content (AvgIpc) is 1.63. The molecule has 10 heteroatoms. The first kappa shape index (κ1) is 36.0. The largest absolute Gasteiger partial charge is 2.00 e. The molecule has 0 aromatic carbocycles. The summed E-state index contributed by atoms with van der Waals surface area (Å²) in [5, 5.41) is 34.0. The molecule has 0 amide bonds. The molecule has 0 bridgehead atoms.